The summed E-state index contributed by atoms with van der Waals surface area (Å²) in [5.41, 5.74) is 0.621. The number of hydrogen-bond donors (Lipinski definition) is 0. The number of amides is 1. The van der Waals surface area contributed by atoms with E-state index in [9.17, 15) is 4.79 Å². The number of carbonyl (C=O) groups is 1. The lowest BCUT2D eigenvalue weighted by molar-refractivity contribution is 0.0737. The minimum absolute atomic E-state index is 0.0344. The van der Waals surface area contributed by atoms with E-state index in [1.54, 1.807) is 7.11 Å². The third kappa shape index (κ3) is 4.23. The molecule has 0 aliphatic carbocycles. The lowest BCUT2D eigenvalue weighted by Crippen LogP contribution is -2.34. The number of ether oxygens (including phenoxy) is 1. The maximum Gasteiger partial charge on any atom is 0.257 e. The Morgan fingerprint density at radius 3 is 2.63 bits per heavy atom. The van der Waals surface area contributed by atoms with E-state index in [0.29, 0.717) is 23.8 Å². The lowest BCUT2D eigenvalue weighted by atomic mass is 10.1. The summed E-state index contributed by atoms with van der Waals surface area (Å²) in [5, 5.41) is 0. The van der Waals surface area contributed by atoms with Crippen LogP contribution in [0.3, 0.4) is 0 Å². The molecule has 0 radical (unpaired) electrons. The van der Waals surface area contributed by atoms with Crippen molar-refractivity contribution in [3.63, 3.8) is 0 Å². The van der Waals surface area contributed by atoms with Crippen LogP contribution in [0, 0.1) is 5.92 Å². The zero-order chi connectivity index (χ0) is 14.4. The summed E-state index contributed by atoms with van der Waals surface area (Å²) in [5.74, 6) is 1.15. The molecule has 1 atom stereocenters. The first kappa shape index (κ1) is 16.0. The highest BCUT2D eigenvalue weighted by atomic mass is 79.9. The monoisotopic (exact) mass is 327 g/mol. The van der Waals surface area contributed by atoms with Gasteiger partial charge in [-0.1, -0.05) is 36.2 Å². The van der Waals surface area contributed by atoms with Gasteiger partial charge in [0.05, 0.1) is 12.7 Å². The van der Waals surface area contributed by atoms with Gasteiger partial charge < -0.3 is 9.64 Å². The zero-order valence-corrected chi connectivity index (χ0v) is 13.7. The second-order valence-electron chi connectivity index (χ2n) is 4.70. The number of rotatable bonds is 6. The van der Waals surface area contributed by atoms with Gasteiger partial charge in [-0.2, -0.15) is 0 Å². The Labute approximate surface area is 124 Å². The molecule has 0 saturated heterocycles. The van der Waals surface area contributed by atoms with Crippen molar-refractivity contribution < 1.29 is 9.53 Å². The van der Waals surface area contributed by atoms with Crippen molar-refractivity contribution >= 4 is 21.8 Å². The van der Waals surface area contributed by atoms with Crippen molar-refractivity contribution in [3.05, 3.63) is 28.2 Å². The summed E-state index contributed by atoms with van der Waals surface area (Å²) >= 11 is 3.39. The Kier molecular flexibility index (Phi) is 6.35. The average Bonchev–Trinajstić information content (AvgIpc) is 2.43. The molecular formula is C15H22BrNO2. The molecule has 1 rings (SSSR count). The lowest BCUT2D eigenvalue weighted by Gasteiger charge is -2.25. The van der Waals surface area contributed by atoms with Crippen LogP contribution in [0.15, 0.2) is 22.7 Å². The Hall–Kier alpha value is -1.03. The second-order valence-corrected chi connectivity index (χ2v) is 5.62. The van der Waals surface area contributed by atoms with Gasteiger partial charge in [-0.05, 0) is 31.0 Å². The highest BCUT2D eigenvalue weighted by Crippen LogP contribution is 2.25. The molecule has 0 fully saturated rings. The summed E-state index contributed by atoms with van der Waals surface area (Å²) in [7, 11) is 1.59. The maximum absolute atomic E-state index is 12.5. The molecule has 1 aromatic carbocycles. The first-order chi connectivity index (χ1) is 9.03. The molecule has 0 spiro atoms. The molecule has 1 unspecified atom stereocenters. The highest BCUT2D eigenvalue weighted by Gasteiger charge is 2.19. The number of nitrogens with zero attached hydrogens (tertiary/aromatic N) is 1. The van der Waals surface area contributed by atoms with Crippen LogP contribution in [-0.4, -0.2) is 31.0 Å². The van der Waals surface area contributed by atoms with Crippen LogP contribution in [0.4, 0.5) is 0 Å². The van der Waals surface area contributed by atoms with Crippen molar-refractivity contribution in [1.82, 2.24) is 4.90 Å². The molecule has 19 heavy (non-hydrogen) atoms. The minimum atomic E-state index is 0.0344. The summed E-state index contributed by atoms with van der Waals surface area (Å²) in [4.78, 5) is 14.4. The fourth-order valence-corrected chi connectivity index (χ4v) is 2.21. The largest absolute Gasteiger partial charge is 0.496 e. The number of benzene rings is 1. The summed E-state index contributed by atoms with van der Waals surface area (Å²) in [6.07, 6.45) is 1.07. The van der Waals surface area contributed by atoms with Crippen LogP contribution >= 0.6 is 15.9 Å². The third-order valence-corrected chi connectivity index (χ3v) is 3.79. The average molecular weight is 328 g/mol. The van der Waals surface area contributed by atoms with Gasteiger partial charge in [-0.15, -0.1) is 0 Å². The van der Waals surface area contributed by atoms with E-state index >= 15 is 0 Å². The first-order valence-electron chi connectivity index (χ1n) is 6.66. The molecular weight excluding hydrogens is 306 g/mol. The van der Waals surface area contributed by atoms with Crippen LogP contribution in [0.1, 0.15) is 37.6 Å². The van der Waals surface area contributed by atoms with E-state index in [1.807, 2.05) is 30.0 Å². The Morgan fingerprint density at radius 2 is 2.11 bits per heavy atom. The van der Waals surface area contributed by atoms with E-state index in [-0.39, 0.29) is 5.91 Å². The van der Waals surface area contributed by atoms with E-state index in [2.05, 4.69) is 29.8 Å². The van der Waals surface area contributed by atoms with Gasteiger partial charge in [-0.3, -0.25) is 4.79 Å². The zero-order valence-electron chi connectivity index (χ0n) is 12.1. The molecule has 0 aromatic heterocycles. The number of halogens is 1. The van der Waals surface area contributed by atoms with Gasteiger partial charge in [0.15, 0.2) is 0 Å². The van der Waals surface area contributed by atoms with Crippen molar-refractivity contribution in [2.24, 2.45) is 5.92 Å². The van der Waals surface area contributed by atoms with Gasteiger partial charge in [0.2, 0.25) is 0 Å². The van der Waals surface area contributed by atoms with E-state index in [4.69, 9.17) is 4.74 Å². The number of methoxy groups -OCH3 is 1. The van der Waals surface area contributed by atoms with Crippen LogP contribution < -0.4 is 4.74 Å². The SMILES string of the molecule is CCC(C)CN(CC)C(=O)c1ccc(Br)cc1OC. The maximum atomic E-state index is 12.5. The predicted molar refractivity (Wildman–Crippen MR) is 81.7 cm³/mol. The topological polar surface area (TPSA) is 29.5 Å². The van der Waals surface area contributed by atoms with Crippen LogP contribution in [0.25, 0.3) is 0 Å². The van der Waals surface area contributed by atoms with Gasteiger partial charge >= 0.3 is 0 Å². The minimum Gasteiger partial charge on any atom is -0.496 e. The van der Waals surface area contributed by atoms with Crippen molar-refractivity contribution in [2.75, 3.05) is 20.2 Å². The van der Waals surface area contributed by atoms with Gasteiger partial charge in [0.1, 0.15) is 5.75 Å². The quantitative estimate of drug-likeness (QED) is 0.791. The Balaban J connectivity index is 2.97. The fraction of sp³-hybridized carbons (Fsp3) is 0.533. The third-order valence-electron chi connectivity index (χ3n) is 3.29. The van der Waals surface area contributed by atoms with Gasteiger partial charge in [0.25, 0.3) is 5.91 Å². The normalized spacial score (nSPS) is 12.1. The van der Waals surface area contributed by atoms with Crippen molar-refractivity contribution in [2.45, 2.75) is 27.2 Å². The van der Waals surface area contributed by atoms with Crippen LogP contribution in [0.5, 0.6) is 5.75 Å². The highest BCUT2D eigenvalue weighted by molar-refractivity contribution is 9.10. The summed E-state index contributed by atoms with van der Waals surface area (Å²) in [6.45, 7) is 7.80. The molecule has 0 bridgehead atoms. The van der Waals surface area contributed by atoms with Gasteiger partial charge in [0, 0.05) is 17.6 Å². The van der Waals surface area contributed by atoms with Gasteiger partial charge in [-0.25, -0.2) is 0 Å². The second kappa shape index (κ2) is 7.53. The molecule has 4 heteroatoms. The molecule has 106 valence electrons. The molecule has 3 nitrogen and oxygen atoms in total. The molecule has 0 aliphatic heterocycles. The van der Waals surface area contributed by atoms with E-state index in [1.165, 1.54) is 0 Å². The van der Waals surface area contributed by atoms with Crippen molar-refractivity contribution in [3.8, 4) is 5.75 Å². The van der Waals surface area contributed by atoms with Crippen molar-refractivity contribution in [1.29, 1.82) is 0 Å². The van der Waals surface area contributed by atoms with Crippen LogP contribution in [0.2, 0.25) is 0 Å². The summed E-state index contributed by atoms with van der Waals surface area (Å²) < 4.78 is 6.20. The van der Waals surface area contributed by atoms with E-state index < -0.39 is 0 Å². The predicted octanol–water partition coefficient (Wildman–Crippen LogP) is 3.97. The molecule has 0 saturated carbocycles. The molecule has 0 aliphatic rings. The first-order valence-corrected chi connectivity index (χ1v) is 7.45. The Bertz CT molecular complexity index is 434. The van der Waals surface area contributed by atoms with Crippen LogP contribution in [-0.2, 0) is 0 Å². The molecule has 0 N–H and O–H groups in total. The smallest absolute Gasteiger partial charge is 0.257 e. The fourth-order valence-electron chi connectivity index (χ4n) is 1.87. The summed E-state index contributed by atoms with van der Waals surface area (Å²) in [6, 6.07) is 5.50. The Morgan fingerprint density at radius 1 is 1.42 bits per heavy atom. The number of hydrogen-bond acceptors (Lipinski definition) is 2. The number of carbonyl (C=O) groups excluding carboxylic acids is 1. The molecule has 1 amide bonds. The molecule has 0 heterocycles. The van der Waals surface area contributed by atoms with E-state index in [0.717, 1.165) is 17.4 Å². The standard InChI is InChI=1S/C15H22BrNO2/c1-5-11(3)10-17(6-2)15(18)13-8-7-12(16)9-14(13)19-4/h7-9,11H,5-6,10H2,1-4H3. The molecule has 1 aromatic rings.